The van der Waals surface area contributed by atoms with Crippen molar-refractivity contribution in [2.45, 2.75) is 6.92 Å². The average molecular weight is 359 g/mol. The minimum absolute atomic E-state index is 0.00399. The zero-order valence-corrected chi connectivity index (χ0v) is 14.6. The molecule has 0 saturated carbocycles. The van der Waals surface area contributed by atoms with E-state index in [1.54, 1.807) is 24.3 Å². The molecule has 27 heavy (non-hydrogen) atoms. The molecule has 7 nitrogen and oxygen atoms in total. The van der Waals surface area contributed by atoms with Crippen molar-refractivity contribution in [3.05, 3.63) is 66.0 Å². The van der Waals surface area contributed by atoms with Gasteiger partial charge in [0.15, 0.2) is 12.4 Å². The normalized spacial score (nSPS) is 10.5. The van der Waals surface area contributed by atoms with Crippen molar-refractivity contribution in [1.29, 1.82) is 5.26 Å². The van der Waals surface area contributed by atoms with Crippen LogP contribution in [0.2, 0.25) is 0 Å². The first kappa shape index (κ1) is 17.9. The number of carbonyl (C=O) groups excluding carboxylic acids is 1. The molecule has 134 valence electrons. The Hall–Kier alpha value is -3.92. The Morgan fingerprint density at radius 1 is 1.30 bits per heavy atom. The number of H-pyrrole nitrogens is 1. The summed E-state index contributed by atoms with van der Waals surface area (Å²) in [5, 5.41) is 18.2. The second-order valence-electron chi connectivity index (χ2n) is 5.66. The van der Waals surface area contributed by atoms with Crippen molar-refractivity contribution >= 4 is 17.7 Å². The first-order chi connectivity index (χ1) is 13.1. The summed E-state index contributed by atoms with van der Waals surface area (Å²) in [5.41, 5.74) is 2.32. The minimum atomic E-state index is -0.247. The lowest BCUT2D eigenvalue weighted by Gasteiger charge is -2.04. The number of ether oxygens (including phenoxy) is 1. The third-order valence-electron chi connectivity index (χ3n) is 3.60. The van der Waals surface area contributed by atoms with Crippen LogP contribution in [0.4, 0.5) is 5.69 Å². The van der Waals surface area contributed by atoms with E-state index in [2.05, 4.69) is 20.5 Å². The molecule has 3 rings (SSSR count). The number of hydrogen-bond donors (Lipinski definition) is 2. The highest BCUT2D eigenvalue weighted by atomic mass is 16.5. The molecule has 3 aromatic rings. The van der Waals surface area contributed by atoms with Gasteiger partial charge in [0.05, 0.1) is 0 Å². The summed E-state index contributed by atoms with van der Waals surface area (Å²) in [5.74, 6) is 1.67. The molecule has 0 fully saturated rings. The number of anilines is 1. The summed E-state index contributed by atoms with van der Waals surface area (Å²) >= 11 is 0. The van der Waals surface area contributed by atoms with E-state index >= 15 is 0 Å². The lowest BCUT2D eigenvalue weighted by Crippen LogP contribution is -2.07. The molecule has 1 amide bonds. The number of nitriles is 1. The zero-order chi connectivity index (χ0) is 19.1. The maximum Gasteiger partial charge on any atom is 0.248 e. The number of aromatic amines is 1. The van der Waals surface area contributed by atoms with E-state index in [-0.39, 0.29) is 12.5 Å². The lowest BCUT2D eigenvalue weighted by atomic mass is 10.2. The summed E-state index contributed by atoms with van der Waals surface area (Å²) in [4.78, 5) is 16.4. The fourth-order valence-corrected chi connectivity index (χ4v) is 2.35. The molecule has 7 heteroatoms. The predicted molar refractivity (Wildman–Crippen MR) is 102 cm³/mol. The highest BCUT2D eigenvalue weighted by molar-refractivity contribution is 6.02. The standard InChI is InChI=1S/C20H17N5O2/c1-14-22-20(25-24-14)16-3-2-4-17(13-16)23-19(26)10-7-15-5-8-18(9-6-15)27-12-11-21/h2-10,13H,12H2,1H3,(H,23,26)(H,22,24,25)/b10-7+. The number of rotatable bonds is 6. The van der Waals surface area contributed by atoms with Crippen molar-refractivity contribution in [2.75, 3.05) is 11.9 Å². The zero-order valence-electron chi connectivity index (χ0n) is 14.6. The Kier molecular flexibility index (Phi) is 5.60. The van der Waals surface area contributed by atoms with Crippen molar-refractivity contribution in [2.24, 2.45) is 0 Å². The monoisotopic (exact) mass is 359 g/mol. The molecule has 0 aliphatic carbocycles. The topological polar surface area (TPSA) is 104 Å². The Bertz CT molecular complexity index is 1000. The van der Waals surface area contributed by atoms with Crippen LogP contribution in [-0.4, -0.2) is 27.7 Å². The van der Waals surface area contributed by atoms with Gasteiger partial charge in [-0.15, -0.1) is 0 Å². The fraction of sp³-hybridized carbons (Fsp3) is 0.100. The van der Waals surface area contributed by atoms with Gasteiger partial charge in [0.2, 0.25) is 5.91 Å². The number of nitrogens with one attached hydrogen (secondary N) is 2. The first-order valence-electron chi connectivity index (χ1n) is 8.22. The molecule has 0 aliphatic heterocycles. The lowest BCUT2D eigenvalue weighted by molar-refractivity contribution is -0.111. The predicted octanol–water partition coefficient (Wildman–Crippen LogP) is 3.33. The first-order valence-corrected chi connectivity index (χ1v) is 8.22. The molecule has 0 saturated heterocycles. The van der Waals surface area contributed by atoms with Crippen molar-refractivity contribution in [3.8, 4) is 23.2 Å². The summed E-state index contributed by atoms with van der Waals surface area (Å²) < 4.78 is 5.19. The molecule has 2 N–H and O–H groups in total. The van der Waals surface area contributed by atoms with E-state index in [4.69, 9.17) is 10.00 Å². The molecule has 1 heterocycles. The number of carbonyl (C=O) groups is 1. The van der Waals surface area contributed by atoms with Crippen LogP contribution in [0.3, 0.4) is 0 Å². The molecule has 0 spiro atoms. The van der Waals surface area contributed by atoms with Gasteiger partial charge in [0, 0.05) is 17.3 Å². The van der Waals surface area contributed by atoms with Gasteiger partial charge >= 0.3 is 0 Å². The van der Waals surface area contributed by atoms with Crippen LogP contribution in [0.15, 0.2) is 54.6 Å². The Balaban J connectivity index is 1.62. The van der Waals surface area contributed by atoms with E-state index in [9.17, 15) is 4.79 Å². The van der Waals surface area contributed by atoms with E-state index in [1.807, 2.05) is 43.3 Å². The highest BCUT2D eigenvalue weighted by Crippen LogP contribution is 2.19. The second kappa shape index (κ2) is 8.45. The third-order valence-corrected chi connectivity index (χ3v) is 3.60. The maximum atomic E-state index is 12.1. The SMILES string of the molecule is Cc1nc(-c2cccc(NC(=O)/C=C/c3ccc(OCC#N)cc3)c2)n[nH]1. The van der Waals surface area contributed by atoms with Crippen LogP contribution in [0, 0.1) is 18.3 Å². The van der Waals surface area contributed by atoms with Crippen LogP contribution in [0.1, 0.15) is 11.4 Å². The van der Waals surface area contributed by atoms with Gasteiger partial charge < -0.3 is 10.1 Å². The van der Waals surface area contributed by atoms with Gasteiger partial charge in [-0.25, -0.2) is 4.98 Å². The summed E-state index contributed by atoms with van der Waals surface area (Å²) in [6, 6.07) is 16.4. The van der Waals surface area contributed by atoms with Gasteiger partial charge in [-0.2, -0.15) is 10.4 Å². The van der Waals surface area contributed by atoms with Crippen LogP contribution < -0.4 is 10.1 Å². The Morgan fingerprint density at radius 3 is 2.81 bits per heavy atom. The molecule has 0 atom stereocenters. The van der Waals surface area contributed by atoms with Crippen molar-refractivity contribution < 1.29 is 9.53 Å². The largest absolute Gasteiger partial charge is 0.479 e. The Morgan fingerprint density at radius 2 is 2.11 bits per heavy atom. The number of benzene rings is 2. The molecular weight excluding hydrogens is 342 g/mol. The molecule has 0 radical (unpaired) electrons. The van der Waals surface area contributed by atoms with Crippen LogP contribution in [0.5, 0.6) is 5.75 Å². The van der Waals surface area contributed by atoms with Crippen molar-refractivity contribution in [3.63, 3.8) is 0 Å². The number of amides is 1. The molecular formula is C20H17N5O2. The van der Waals surface area contributed by atoms with Gasteiger partial charge in [-0.05, 0) is 42.8 Å². The minimum Gasteiger partial charge on any atom is -0.479 e. The summed E-state index contributed by atoms with van der Waals surface area (Å²) in [7, 11) is 0. The average Bonchev–Trinajstić information content (AvgIpc) is 3.12. The van der Waals surface area contributed by atoms with Gasteiger partial charge in [0.25, 0.3) is 0 Å². The maximum absolute atomic E-state index is 12.1. The van der Waals surface area contributed by atoms with Crippen LogP contribution >= 0.6 is 0 Å². The molecule has 0 aliphatic rings. The van der Waals surface area contributed by atoms with Crippen molar-refractivity contribution in [1.82, 2.24) is 15.2 Å². The molecule has 1 aromatic heterocycles. The van der Waals surface area contributed by atoms with Crippen LogP contribution in [-0.2, 0) is 4.79 Å². The number of aromatic nitrogens is 3. The second-order valence-corrected chi connectivity index (χ2v) is 5.66. The molecule has 0 unspecified atom stereocenters. The van der Waals surface area contributed by atoms with E-state index in [0.717, 1.165) is 17.0 Å². The quantitative estimate of drug-likeness (QED) is 0.657. The third kappa shape index (κ3) is 5.03. The van der Waals surface area contributed by atoms with E-state index < -0.39 is 0 Å². The molecule has 2 aromatic carbocycles. The van der Waals surface area contributed by atoms with E-state index in [1.165, 1.54) is 6.08 Å². The fourth-order valence-electron chi connectivity index (χ4n) is 2.35. The summed E-state index contributed by atoms with van der Waals surface area (Å²) in [6.07, 6.45) is 3.15. The Labute approximate surface area is 156 Å². The van der Waals surface area contributed by atoms with E-state index in [0.29, 0.717) is 17.3 Å². The number of aryl methyl sites for hydroxylation is 1. The number of hydrogen-bond acceptors (Lipinski definition) is 5. The van der Waals surface area contributed by atoms with Gasteiger partial charge in [-0.3, -0.25) is 9.89 Å². The molecule has 0 bridgehead atoms. The smallest absolute Gasteiger partial charge is 0.248 e. The van der Waals surface area contributed by atoms with Gasteiger partial charge in [-0.1, -0.05) is 24.3 Å². The van der Waals surface area contributed by atoms with Crippen LogP contribution in [0.25, 0.3) is 17.5 Å². The highest BCUT2D eigenvalue weighted by Gasteiger charge is 2.05. The van der Waals surface area contributed by atoms with Gasteiger partial charge in [0.1, 0.15) is 17.6 Å². The number of nitrogens with zero attached hydrogens (tertiary/aromatic N) is 3. The summed E-state index contributed by atoms with van der Waals surface area (Å²) in [6.45, 7) is 1.83.